The summed E-state index contributed by atoms with van der Waals surface area (Å²) in [5.41, 5.74) is 0.140. The maximum Gasteiger partial charge on any atom is 0.311 e. The zero-order valence-corrected chi connectivity index (χ0v) is 16.8. The molecule has 0 radical (unpaired) electrons. The number of rotatable bonds is 6. The fourth-order valence-corrected chi connectivity index (χ4v) is 3.49. The number of halogens is 1. The molecule has 2 aromatic rings. The van der Waals surface area contributed by atoms with Crippen LogP contribution in [0.25, 0.3) is 0 Å². The average Bonchev–Trinajstić information content (AvgIpc) is 3.26. The van der Waals surface area contributed by atoms with Gasteiger partial charge in [0.15, 0.2) is 0 Å². The number of carbonyl (C=O) groups is 1. The van der Waals surface area contributed by atoms with E-state index in [2.05, 4.69) is 0 Å². The van der Waals surface area contributed by atoms with Gasteiger partial charge in [-0.2, -0.15) is 10.5 Å². The summed E-state index contributed by atoms with van der Waals surface area (Å²) in [5, 5.41) is 18.4. The van der Waals surface area contributed by atoms with Crippen LogP contribution >= 0.6 is 11.6 Å². The number of hydrogen-bond acceptors (Lipinski definition) is 5. The lowest BCUT2D eigenvalue weighted by Crippen LogP contribution is -2.14. The molecule has 2 aromatic carbocycles. The number of benzene rings is 2. The number of para-hydroxylation sites is 1. The summed E-state index contributed by atoms with van der Waals surface area (Å²) in [4.78, 5) is 12.7. The van der Waals surface area contributed by atoms with Gasteiger partial charge >= 0.3 is 5.97 Å². The molecule has 0 N–H and O–H groups in total. The fourth-order valence-electron chi connectivity index (χ4n) is 3.36. The first-order valence-corrected chi connectivity index (χ1v) is 9.45. The van der Waals surface area contributed by atoms with Crippen molar-refractivity contribution in [2.24, 2.45) is 17.3 Å². The van der Waals surface area contributed by atoms with E-state index in [0.717, 1.165) is 0 Å². The first-order chi connectivity index (χ1) is 13.9. The van der Waals surface area contributed by atoms with E-state index < -0.39 is 18.0 Å². The number of ether oxygens (including phenoxy) is 2. The zero-order valence-electron chi connectivity index (χ0n) is 16.0. The molecule has 0 amide bonds. The highest BCUT2D eigenvalue weighted by atomic mass is 35.5. The van der Waals surface area contributed by atoms with E-state index in [0.29, 0.717) is 17.1 Å². The van der Waals surface area contributed by atoms with Gasteiger partial charge in [-0.3, -0.25) is 4.79 Å². The van der Waals surface area contributed by atoms with Crippen molar-refractivity contribution in [1.29, 1.82) is 10.5 Å². The summed E-state index contributed by atoms with van der Waals surface area (Å²) in [6.07, 6.45) is 0.512. The van der Waals surface area contributed by atoms with Crippen molar-refractivity contribution >= 4 is 17.6 Å². The fraction of sp³-hybridized carbons (Fsp3) is 0.261. The van der Waals surface area contributed by atoms with E-state index in [-0.39, 0.29) is 16.4 Å². The Bertz CT molecular complexity index is 1020. The van der Waals surface area contributed by atoms with Gasteiger partial charge in [-0.25, -0.2) is 0 Å². The van der Waals surface area contributed by atoms with Gasteiger partial charge in [0, 0.05) is 5.56 Å². The normalized spacial score (nSPS) is 20.7. The SMILES string of the molecule is CC1(C)[C@H](C=C(Cl)C#N)[C@H]1C(=O)OC(C#N)c1cccc(Oc2ccccc2)c1. The highest BCUT2D eigenvalue weighted by molar-refractivity contribution is 6.31. The third-order valence-corrected chi connectivity index (χ3v) is 5.30. The summed E-state index contributed by atoms with van der Waals surface area (Å²) < 4.78 is 11.3. The molecule has 0 aliphatic heterocycles. The lowest BCUT2D eigenvalue weighted by Gasteiger charge is -2.13. The van der Waals surface area contributed by atoms with Crippen molar-refractivity contribution in [1.82, 2.24) is 0 Å². The molecular weight excluding hydrogens is 388 g/mol. The van der Waals surface area contributed by atoms with Crippen LogP contribution < -0.4 is 4.74 Å². The Kier molecular flexibility index (Phi) is 5.92. The van der Waals surface area contributed by atoms with E-state index in [9.17, 15) is 10.1 Å². The molecule has 0 aromatic heterocycles. The van der Waals surface area contributed by atoms with Crippen LogP contribution in [0.4, 0.5) is 0 Å². The number of hydrogen-bond donors (Lipinski definition) is 0. The maximum absolute atomic E-state index is 12.7. The third kappa shape index (κ3) is 4.59. The predicted octanol–water partition coefficient (Wildman–Crippen LogP) is 5.51. The van der Waals surface area contributed by atoms with Gasteiger partial charge in [-0.1, -0.05) is 61.9 Å². The Balaban J connectivity index is 1.72. The van der Waals surface area contributed by atoms with Gasteiger partial charge in [0.2, 0.25) is 6.10 Å². The van der Waals surface area contributed by atoms with E-state index in [1.807, 2.05) is 56.3 Å². The second-order valence-corrected chi connectivity index (χ2v) is 7.79. The lowest BCUT2D eigenvalue weighted by atomic mass is 10.1. The summed E-state index contributed by atoms with van der Waals surface area (Å²) in [6, 6.07) is 20.0. The molecule has 1 unspecified atom stereocenters. The molecule has 1 saturated carbocycles. The summed E-state index contributed by atoms with van der Waals surface area (Å²) >= 11 is 5.79. The second-order valence-electron chi connectivity index (χ2n) is 7.38. The van der Waals surface area contributed by atoms with Gasteiger partial charge in [0.25, 0.3) is 0 Å². The minimum Gasteiger partial charge on any atom is -0.457 e. The molecule has 1 aliphatic carbocycles. The van der Waals surface area contributed by atoms with Crippen LogP contribution in [-0.2, 0) is 9.53 Å². The van der Waals surface area contributed by atoms with Crippen molar-refractivity contribution in [3.8, 4) is 23.6 Å². The van der Waals surface area contributed by atoms with E-state index in [1.165, 1.54) is 0 Å². The molecular formula is C23H19ClN2O3. The second kappa shape index (κ2) is 8.39. The molecule has 1 fully saturated rings. The highest BCUT2D eigenvalue weighted by Gasteiger charge is 2.62. The zero-order chi connectivity index (χ0) is 21.0. The molecule has 3 rings (SSSR count). The molecule has 29 heavy (non-hydrogen) atoms. The minimum atomic E-state index is -1.06. The van der Waals surface area contributed by atoms with E-state index in [1.54, 1.807) is 30.3 Å². The number of nitriles is 2. The van der Waals surface area contributed by atoms with Gasteiger partial charge in [0.1, 0.15) is 28.7 Å². The number of allylic oxidation sites excluding steroid dienone is 2. The van der Waals surface area contributed by atoms with Crippen LogP contribution in [0.2, 0.25) is 0 Å². The summed E-state index contributed by atoms with van der Waals surface area (Å²) in [7, 11) is 0. The Morgan fingerprint density at radius 1 is 1.14 bits per heavy atom. The third-order valence-electron chi connectivity index (χ3n) is 5.09. The molecule has 0 heterocycles. The topological polar surface area (TPSA) is 83.1 Å². The quantitative estimate of drug-likeness (QED) is 0.466. The first-order valence-electron chi connectivity index (χ1n) is 9.07. The largest absolute Gasteiger partial charge is 0.457 e. The molecule has 6 heteroatoms. The van der Waals surface area contributed by atoms with Crippen LogP contribution in [0.5, 0.6) is 11.5 Å². The summed E-state index contributed by atoms with van der Waals surface area (Å²) in [5.74, 6) is 0.0651. The maximum atomic E-state index is 12.7. The molecule has 0 bridgehead atoms. The van der Waals surface area contributed by atoms with Crippen LogP contribution in [0, 0.1) is 39.9 Å². The lowest BCUT2D eigenvalue weighted by molar-refractivity contribution is -0.149. The van der Waals surface area contributed by atoms with Gasteiger partial charge < -0.3 is 9.47 Å². The summed E-state index contributed by atoms with van der Waals surface area (Å²) in [6.45, 7) is 3.80. The van der Waals surface area contributed by atoms with Gasteiger partial charge in [-0.15, -0.1) is 0 Å². The molecule has 3 atom stereocenters. The average molecular weight is 407 g/mol. The molecule has 0 saturated heterocycles. The number of nitrogens with zero attached hydrogens (tertiary/aromatic N) is 2. The molecule has 5 nitrogen and oxygen atoms in total. The van der Waals surface area contributed by atoms with Crippen LogP contribution in [0.1, 0.15) is 25.5 Å². The molecule has 1 aliphatic rings. The highest BCUT2D eigenvalue weighted by Crippen LogP contribution is 2.60. The van der Waals surface area contributed by atoms with E-state index in [4.69, 9.17) is 26.3 Å². The van der Waals surface area contributed by atoms with Crippen molar-refractivity contribution in [3.05, 3.63) is 71.3 Å². The number of carbonyl (C=O) groups excluding carboxylic acids is 1. The Morgan fingerprint density at radius 2 is 1.83 bits per heavy atom. The minimum absolute atomic E-state index is 0.0426. The van der Waals surface area contributed by atoms with Gasteiger partial charge in [0.05, 0.1) is 5.92 Å². The van der Waals surface area contributed by atoms with Crippen molar-refractivity contribution in [3.63, 3.8) is 0 Å². The Labute approximate surface area is 174 Å². The number of esters is 1. The van der Waals surface area contributed by atoms with Crippen molar-refractivity contribution in [2.75, 3.05) is 0 Å². The smallest absolute Gasteiger partial charge is 0.311 e. The standard InChI is InChI=1S/C23H19ClN2O3/c1-23(2)19(12-16(24)13-25)21(23)22(27)29-20(14-26)15-7-6-10-18(11-15)28-17-8-4-3-5-9-17/h3-12,19-21H,1-2H3/t19-,20?,21+/m1/s1. The predicted molar refractivity (Wildman–Crippen MR) is 108 cm³/mol. The van der Waals surface area contributed by atoms with Crippen LogP contribution in [-0.4, -0.2) is 5.97 Å². The molecule has 146 valence electrons. The van der Waals surface area contributed by atoms with Crippen molar-refractivity contribution in [2.45, 2.75) is 20.0 Å². The Hall–Kier alpha value is -3.28. The van der Waals surface area contributed by atoms with E-state index >= 15 is 0 Å². The van der Waals surface area contributed by atoms with Crippen molar-refractivity contribution < 1.29 is 14.3 Å². The molecule has 0 spiro atoms. The van der Waals surface area contributed by atoms with Gasteiger partial charge in [-0.05, 0) is 35.6 Å². The van der Waals surface area contributed by atoms with Crippen LogP contribution in [0.15, 0.2) is 65.7 Å². The monoisotopic (exact) mass is 406 g/mol. The first kappa shape index (κ1) is 20.5. The van der Waals surface area contributed by atoms with Crippen LogP contribution in [0.3, 0.4) is 0 Å². The Morgan fingerprint density at radius 3 is 2.48 bits per heavy atom.